The number of rotatable bonds is 7. The number of anilines is 1. The third-order valence-electron chi connectivity index (χ3n) is 6.53. The van der Waals surface area contributed by atoms with E-state index in [4.69, 9.17) is 4.74 Å². The predicted molar refractivity (Wildman–Crippen MR) is 126 cm³/mol. The van der Waals surface area contributed by atoms with E-state index in [0.29, 0.717) is 13.0 Å². The number of hydrogen-bond acceptors (Lipinski definition) is 4. The summed E-state index contributed by atoms with van der Waals surface area (Å²) in [4.78, 5) is 17.5. The van der Waals surface area contributed by atoms with Gasteiger partial charge >= 0.3 is 0 Å². The third kappa shape index (κ3) is 5.59. The molecule has 1 saturated heterocycles. The molecule has 0 radical (unpaired) electrons. The van der Waals surface area contributed by atoms with Gasteiger partial charge in [-0.15, -0.1) is 0 Å². The minimum Gasteiger partial charge on any atom is -0.481 e. The molecular weight excluding hydrogens is 386 g/mol. The lowest BCUT2D eigenvalue weighted by Gasteiger charge is -2.34. The Morgan fingerprint density at radius 3 is 2.42 bits per heavy atom. The number of hydrogen-bond donors (Lipinski definition) is 1. The highest BCUT2D eigenvalue weighted by Gasteiger charge is 2.19. The summed E-state index contributed by atoms with van der Waals surface area (Å²) in [5, 5.41) is 3.05. The number of carbonyl (C=O) groups excluding carboxylic acids is 1. The van der Waals surface area contributed by atoms with E-state index >= 15 is 0 Å². The Hall–Kier alpha value is -2.53. The number of ether oxygens (including phenoxy) is 1. The Morgan fingerprint density at radius 2 is 1.71 bits per heavy atom. The molecule has 1 heterocycles. The zero-order chi connectivity index (χ0) is 21.6. The Balaban J connectivity index is 1.30. The van der Waals surface area contributed by atoms with Crippen LogP contribution >= 0.6 is 0 Å². The number of piperazine rings is 1. The average molecular weight is 422 g/mol. The van der Waals surface area contributed by atoms with Crippen LogP contribution in [0.3, 0.4) is 0 Å². The first-order chi connectivity index (χ1) is 15.1. The maximum Gasteiger partial charge on any atom is 0.261 e. The molecule has 2 aliphatic rings. The van der Waals surface area contributed by atoms with Crippen molar-refractivity contribution in [1.29, 1.82) is 0 Å². The predicted octanol–water partition coefficient (Wildman–Crippen LogP) is 3.79. The highest BCUT2D eigenvalue weighted by atomic mass is 16.5. The van der Waals surface area contributed by atoms with Crippen LogP contribution in [0.15, 0.2) is 42.5 Å². The standard InChI is InChI=1S/C26H35N3O2/c1-3-25(31-24-13-10-21-6-4-5-7-22(21)18-24)26(30)27-19-20-8-11-23(12-9-20)29-16-14-28(2)15-17-29/h8-13,18,25H,3-7,14-17,19H2,1-2H3,(H,27,30)/t25-/m0/s1. The summed E-state index contributed by atoms with van der Waals surface area (Å²) in [5.41, 5.74) is 5.16. The molecule has 1 fully saturated rings. The van der Waals surface area contributed by atoms with Gasteiger partial charge in [0.25, 0.3) is 5.91 Å². The van der Waals surface area contributed by atoms with Crippen LogP contribution in [-0.4, -0.2) is 50.1 Å². The smallest absolute Gasteiger partial charge is 0.261 e. The first-order valence-electron chi connectivity index (χ1n) is 11.7. The molecule has 1 aliphatic heterocycles. The SMILES string of the molecule is CC[C@H](Oc1ccc2c(c1)CCCC2)C(=O)NCc1ccc(N2CCN(C)CC2)cc1. The lowest BCUT2D eigenvalue weighted by Crippen LogP contribution is -2.44. The van der Waals surface area contributed by atoms with E-state index in [0.717, 1.165) is 50.3 Å². The molecule has 166 valence electrons. The molecule has 0 bridgehead atoms. The second-order valence-electron chi connectivity index (χ2n) is 8.83. The number of nitrogens with zero attached hydrogens (tertiary/aromatic N) is 2. The Bertz CT molecular complexity index is 873. The van der Waals surface area contributed by atoms with Crippen molar-refractivity contribution in [2.75, 3.05) is 38.1 Å². The van der Waals surface area contributed by atoms with E-state index in [1.165, 1.54) is 29.7 Å². The molecule has 0 saturated carbocycles. The van der Waals surface area contributed by atoms with Gasteiger partial charge in [0.1, 0.15) is 5.75 Å². The van der Waals surface area contributed by atoms with Gasteiger partial charge in [-0.1, -0.05) is 25.1 Å². The maximum absolute atomic E-state index is 12.7. The summed E-state index contributed by atoms with van der Waals surface area (Å²) in [6, 6.07) is 14.8. The highest BCUT2D eigenvalue weighted by Crippen LogP contribution is 2.26. The number of nitrogens with one attached hydrogen (secondary N) is 1. The molecule has 1 atom stereocenters. The molecule has 31 heavy (non-hydrogen) atoms. The molecule has 0 unspecified atom stereocenters. The molecule has 5 heteroatoms. The van der Waals surface area contributed by atoms with Crippen LogP contribution in [-0.2, 0) is 24.2 Å². The van der Waals surface area contributed by atoms with Gasteiger partial charge < -0.3 is 19.9 Å². The summed E-state index contributed by atoms with van der Waals surface area (Å²) in [7, 11) is 2.17. The quantitative estimate of drug-likeness (QED) is 0.739. The van der Waals surface area contributed by atoms with Crippen molar-refractivity contribution in [3.05, 3.63) is 59.2 Å². The second-order valence-corrected chi connectivity index (χ2v) is 8.83. The number of benzene rings is 2. The van der Waals surface area contributed by atoms with E-state index in [9.17, 15) is 4.79 Å². The van der Waals surface area contributed by atoms with E-state index in [-0.39, 0.29) is 5.91 Å². The number of likely N-dealkylation sites (N-methyl/N-ethyl adjacent to an activating group) is 1. The zero-order valence-electron chi connectivity index (χ0n) is 18.9. The molecule has 2 aromatic carbocycles. The van der Waals surface area contributed by atoms with Gasteiger partial charge in [-0.3, -0.25) is 4.79 Å². The fourth-order valence-electron chi connectivity index (χ4n) is 4.46. The van der Waals surface area contributed by atoms with Crippen LogP contribution in [0.2, 0.25) is 0 Å². The summed E-state index contributed by atoms with van der Waals surface area (Å²) in [6.07, 6.45) is 4.95. The molecule has 1 amide bonds. The molecule has 2 aromatic rings. The average Bonchev–Trinajstić information content (AvgIpc) is 2.82. The summed E-state index contributed by atoms with van der Waals surface area (Å²) in [6.45, 7) is 6.83. The van der Waals surface area contributed by atoms with E-state index in [1.807, 2.05) is 13.0 Å². The van der Waals surface area contributed by atoms with Gasteiger partial charge in [0.05, 0.1) is 0 Å². The van der Waals surface area contributed by atoms with Crippen molar-refractivity contribution in [3.63, 3.8) is 0 Å². The van der Waals surface area contributed by atoms with Crippen LogP contribution in [0.25, 0.3) is 0 Å². The van der Waals surface area contributed by atoms with Crippen molar-refractivity contribution < 1.29 is 9.53 Å². The van der Waals surface area contributed by atoms with Crippen molar-refractivity contribution in [2.45, 2.75) is 51.7 Å². The van der Waals surface area contributed by atoms with Gasteiger partial charge in [-0.05, 0) is 80.1 Å². The molecule has 1 aliphatic carbocycles. The van der Waals surface area contributed by atoms with Crippen LogP contribution in [0.5, 0.6) is 5.75 Å². The minimum atomic E-state index is -0.466. The van der Waals surface area contributed by atoms with Crippen LogP contribution in [0.4, 0.5) is 5.69 Å². The minimum absolute atomic E-state index is 0.0524. The molecule has 1 N–H and O–H groups in total. The third-order valence-corrected chi connectivity index (χ3v) is 6.53. The fraction of sp³-hybridized carbons (Fsp3) is 0.500. The van der Waals surface area contributed by atoms with Crippen LogP contribution in [0, 0.1) is 0 Å². The number of fused-ring (bicyclic) bond motifs is 1. The lowest BCUT2D eigenvalue weighted by atomic mass is 9.92. The van der Waals surface area contributed by atoms with E-state index in [1.54, 1.807) is 0 Å². The maximum atomic E-state index is 12.7. The molecule has 4 rings (SSSR count). The van der Waals surface area contributed by atoms with Gasteiger partial charge in [0.15, 0.2) is 6.10 Å². The fourth-order valence-corrected chi connectivity index (χ4v) is 4.46. The molecule has 0 spiro atoms. The number of aryl methyl sites for hydroxylation is 2. The van der Waals surface area contributed by atoms with Crippen molar-refractivity contribution in [1.82, 2.24) is 10.2 Å². The topological polar surface area (TPSA) is 44.8 Å². The second kappa shape index (κ2) is 10.2. The van der Waals surface area contributed by atoms with E-state index in [2.05, 4.69) is 58.6 Å². The normalized spacial score (nSPS) is 17.7. The summed E-state index contributed by atoms with van der Waals surface area (Å²) in [5.74, 6) is 0.752. The number of amides is 1. The van der Waals surface area contributed by atoms with Crippen molar-refractivity contribution in [2.24, 2.45) is 0 Å². The van der Waals surface area contributed by atoms with Gasteiger partial charge in [0.2, 0.25) is 0 Å². The van der Waals surface area contributed by atoms with Crippen LogP contribution in [0.1, 0.15) is 42.9 Å². The monoisotopic (exact) mass is 421 g/mol. The lowest BCUT2D eigenvalue weighted by molar-refractivity contribution is -0.128. The summed E-state index contributed by atoms with van der Waals surface area (Å²) >= 11 is 0. The molecule has 0 aromatic heterocycles. The first-order valence-corrected chi connectivity index (χ1v) is 11.7. The first kappa shape index (κ1) is 21.7. The Morgan fingerprint density at radius 1 is 1.00 bits per heavy atom. The van der Waals surface area contributed by atoms with Gasteiger partial charge in [-0.25, -0.2) is 0 Å². The Labute approximate surface area is 186 Å². The highest BCUT2D eigenvalue weighted by molar-refractivity contribution is 5.81. The van der Waals surface area contributed by atoms with Crippen molar-refractivity contribution in [3.8, 4) is 5.75 Å². The van der Waals surface area contributed by atoms with Crippen molar-refractivity contribution >= 4 is 11.6 Å². The van der Waals surface area contributed by atoms with Gasteiger partial charge in [-0.2, -0.15) is 0 Å². The van der Waals surface area contributed by atoms with Gasteiger partial charge in [0, 0.05) is 38.4 Å². The largest absolute Gasteiger partial charge is 0.481 e. The Kier molecular flexibility index (Phi) is 7.13. The summed E-state index contributed by atoms with van der Waals surface area (Å²) < 4.78 is 6.06. The number of carbonyl (C=O) groups is 1. The van der Waals surface area contributed by atoms with Crippen LogP contribution < -0.4 is 15.0 Å². The molecule has 5 nitrogen and oxygen atoms in total. The zero-order valence-corrected chi connectivity index (χ0v) is 18.9. The molecular formula is C26H35N3O2. The van der Waals surface area contributed by atoms with E-state index < -0.39 is 6.10 Å².